The third-order valence-corrected chi connectivity index (χ3v) is 8.01. The number of carbonyl (C=O) groups is 2. The molecule has 0 aromatic heterocycles. The molecule has 1 aliphatic heterocycles. The number of carbonyl (C=O) groups excluding carboxylic acids is 2. The fourth-order valence-electron chi connectivity index (χ4n) is 4.89. The largest absolute Gasteiger partial charge is 0.391 e. The minimum absolute atomic E-state index is 0.0548. The van der Waals surface area contributed by atoms with Gasteiger partial charge >= 0.3 is 10.2 Å². The zero-order valence-corrected chi connectivity index (χ0v) is 15.8. The third-order valence-electron chi connectivity index (χ3n) is 6.54. The predicted molar refractivity (Wildman–Crippen MR) is 93.1 cm³/mol. The van der Waals surface area contributed by atoms with Crippen LogP contribution >= 0.6 is 0 Å². The Morgan fingerprint density at radius 1 is 1.26 bits per heavy atom. The van der Waals surface area contributed by atoms with Crippen molar-refractivity contribution in [3.05, 3.63) is 0 Å². The van der Waals surface area contributed by atoms with E-state index in [1.54, 1.807) is 0 Å². The van der Waals surface area contributed by atoms with Crippen molar-refractivity contribution in [1.29, 1.82) is 0 Å². The second kappa shape index (κ2) is 6.97. The van der Waals surface area contributed by atoms with Gasteiger partial charge in [-0.2, -0.15) is 12.7 Å². The van der Waals surface area contributed by atoms with Gasteiger partial charge in [-0.1, -0.05) is 0 Å². The zero-order chi connectivity index (χ0) is 19.3. The molecule has 4 rings (SSSR count). The smallest absolute Gasteiger partial charge is 0.304 e. The Hall–Kier alpha value is -1.26. The van der Waals surface area contributed by atoms with E-state index < -0.39 is 46.9 Å². The van der Waals surface area contributed by atoms with Crippen molar-refractivity contribution >= 4 is 22.0 Å². The first kappa shape index (κ1) is 19.1. The highest BCUT2D eigenvalue weighted by Gasteiger charge is 2.54. The summed E-state index contributed by atoms with van der Waals surface area (Å²) in [7, 11) is -4.13. The molecule has 1 saturated heterocycles. The van der Waals surface area contributed by atoms with E-state index in [0.717, 1.165) is 17.1 Å². The van der Waals surface area contributed by atoms with Crippen LogP contribution < -0.4 is 10.0 Å². The number of amides is 2. The normalized spacial score (nSPS) is 41.6. The molecule has 0 aromatic rings. The summed E-state index contributed by atoms with van der Waals surface area (Å²) in [6.45, 7) is 0.191. The Morgan fingerprint density at radius 2 is 2.00 bits per heavy atom. The quantitative estimate of drug-likeness (QED) is 0.596. The van der Waals surface area contributed by atoms with Crippen LogP contribution in [0.25, 0.3) is 0 Å². The standard InChI is InChI=1S/C17H26FN3O5S/c18-15-12-5-11(17(24)19-7-9-1-2-9)4-3-10(12)6-13(22)16(15)21-8-14(23)20-27(21,25)26/h9-13,15-16,22H,1-8H2,(H,19,24)(H,20,23). The minimum atomic E-state index is -4.13. The second-order valence-electron chi connectivity index (χ2n) is 8.44. The van der Waals surface area contributed by atoms with Gasteiger partial charge in [0.2, 0.25) is 11.8 Å². The number of nitrogens with one attached hydrogen (secondary N) is 2. The summed E-state index contributed by atoms with van der Waals surface area (Å²) in [5, 5.41) is 13.4. The van der Waals surface area contributed by atoms with Crippen molar-refractivity contribution in [2.45, 2.75) is 56.8 Å². The fraction of sp³-hybridized carbons (Fsp3) is 0.882. The van der Waals surface area contributed by atoms with E-state index in [2.05, 4.69) is 5.32 Å². The summed E-state index contributed by atoms with van der Waals surface area (Å²) in [6, 6.07) is -1.29. The molecule has 1 heterocycles. The number of hydrogen-bond donors (Lipinski definition) is 3. The predicted octanol–water partition coefficient (Wildman–Crippen LogP) is -0.307. The number of nitrogens with zero attached hydrogens (tertiary/aromatic N) is 1. The molecule has 10 heteroatoms. The minimum Gasteiger partial charge on any atom is -0.391 e. The van der Waals surface area contributed by atoms with Gasteiger partial charge in [0.15, 0.2) is 0 Å². The molecule has 3 saturated carbocycles. The maximum atomic E-state index is 15.4. The molecule has 8 nitrogen and oxygen atoms in total. The zero-order valence-electron chi connectivity index (χ0n) is 15.0. The lowest BCUT2D eigenvalue weighted by Gasteiger charge is -2.47. The van der Waals surface area contributed by atoms with Gasteiger partial charge in [0.1, 0.15) is 6.17 Å². The van der Waals surface area contributed by atoms with E-state index in [-0.39, 0.29) is 24.2 Å². The molecule has 0 spiro atoms. The fourth-order valence-corrected chi connectivity index (χ4v) is 6.23. The lowest BCUT2D eigenvalue weighted by molar-refractivity contribution is -0.129. The number of hydrogen-bond acceptors (Lipinski definition) is 5. The lowest BCUT2D eigenvalue weighted by Crippen LogP contribution is -2.59. The first-order valence-electron chi connectivity index (χ1n) is 9.68. The number of rotatable bonds is 4. The number of aliphatic hydroxyl groups excluding tert-OH is 1. The molecule has 2 amide bonds. The molecule has 0 aromatic carbocycles. The van der Waals surface area contributed by atoms with E-state index in [1.165, 1.54) is 0 Å². The SMILES string of the molecule is O=C1CN(C2C(O)CC3CCC(C(=O)NCC4CC4)CC3C2F)S(=O)(=O)N1. The van der Waals surface area contributed by atoms with Crippen LogP contribution in [-0.2, 0) is 19.8 Å². The summed E-state index contributed by atoms with van der Waals surface area (Å²) in [5.41, 5.74) is 0. The number of aliphatic hydroxyl groups is 1. The van der Waals surface area contributed by atoms with Crippen molar-refractivity contribution in [1.82, 2.24) is 14.3 Å². The molecule has 152 valence electrons. The average molecular weight is 403 g/mol. The van der Waals surface area contributed by atoms with E-state index in [4.69, 9.17) is 0 Å². The van der Waals surface area contributed by atoms with E-state index >= 15 is 4.39 Å². The van der Waals surface area contributed by atoms with Crippen molar-refractivity contribution in [2.24, 2.45) is 23.7 Å². The van der Waals surface area contributed by atoms with Crippen LogP contribution in [0.4, 0.5) is 4.39 Å². The molecule has 6 unspecified atom stereocenters. The first-order chi connectivity index (χ1) is 12.8. The highest BCUT2D eigenvalue weighted by atomic mass is 32.2. The Bertz CT molecular complexity index is 728. The molecule has 4 fully saturated rings. The maximum absolute atomic E-state index is 15.4. The molecule has 0 radical (unpaired) electrons. The topological polar surface area (TPSA) is 116 Å². The van der Waals surface area contributed by atoms with Crippen molar-refractivity contribution < 1.29 is 27.5 Å². The average Bonchev–Trinajstić information content (AvgIpc) is 3.38. The molecular weight excluding hydrogens is 377 g/mol. The van der Waals surface area contributed by atoms with Gasteiger partial charge in [0, 0.05) is 12.5 Å². The van der Waals surface area contributed by atoms with Crippen molar-refractivity contribution in [3.63, 3.8) is 0 Å². The second-order valence-corrected chi connectivity index (χ2v) is 10.1. The van der Waals surface area contributed by atoms with Gasteiger partial charge in [-0.25, -0.2) is 9.11 Å². The van der Waals surface area contributed by atoms with Crippen molar-refractivity contribution in [2.75, 3.05) is 13.1 Å². The van der Waals surface area contributed by atoms with Gasteiger partial charge in [-0.15, -0.1) is 0 Å². The van der Waals surface area contributed by atoms with Crippen molar-refractivity contribution in [3.8, 4) is 0 Å². The van der Waals surface area contributed by atoms with E-state index in [0.29, 0.717) is 31.7 Å². The molecular formula is C17H26FN3O5S. The van der Waals surface area contributed by atoms with Crippen LogP contribution in [-0.4, -0.2) is 61.1 Å². The van der Waals surface area contributed by atoms with Crippen LogP contribution in [0.5, 0.6) is 0 Å². The van der Waals surface area contributed by atoms with Gasteiger partial charge in [-0.3, -0.25) is 9.59 Å². The van der Waals surface area contributed by atoms with Crippen LogP contribution in [0.3, 0.4) is 0 Å². The summed E-state index contributed by atoms with van der Waals surface area (Å²) in [6.07, 6.45) is 1.43. The number of fused-ring (bicyclic) bond motifs is 1. The monoisotopic (exact) mass is 403 g/mol. The molecule has 4 aliphatic rings. The third kappa shape index (κ3) is 3.71. The highest BCUT2D eigenvalue weighted by molar-refractivity contribution is 7.88. The molecule has 0 bridgehead atoms. The van der Waals surface area contributed by atoms with Crippen LogP contribution in [0.15, 0.2) is 0 Å². The number of halogens is 1. The van der Waals surface area contributed by atoms with Gasteiger partial charge in [0.25, 0.3) is 0 Å². The van der Waals surface area contributed by atoms with Gasteiger partial charge in [0.05, 0.1) is 18.7 Å². The van der Waals surface area contributed by atoms with Crippen LogP contribution in [0.1, 0.15) is 38.5 Å². The van der Waals surface area contributed by atoms with Crippen LogP contribution in [0, 0.1) is 23.7 Å². The molecule has 27 heavy (non-hydrogen) atoms. The van der Waals surface area contributed by atoms with E-state index in [1.807, 2.05) is 4.72 Å². The molecule has 3 N–H and O–H groups in total. The highest BCUT2D eigenvalue weighted by Crippen LogP contribution is 2.46. The Kier molecular flexibility index (Phi) is 4.92. The maximum Gasteiger partial charge on any atom is 0.304 e. The molecule has 3 aliphatic carbocycles. The van der Waals surface area contributed by atoms with Gasteiger partial charge < -0.3 is 10.4 Å². The Morgan fingerprint density at radius 3 is 2.63 bits per heavy atom. The van der Waals surface area contributed by atoms with Crippen LogP contribution in [0.2, 0.25) is 0 Å². The summed E-state index contributed by atoms with van der Waals surface area (Å²) in [5.74, 6) is -1.06. The van der Waals surface area contributed by atoms with Gasteiger partial charge in [-0.05, 0) is 56.3 Å². The summed E-state index contributed by atoms with van der Waals surface area (Å²) < 4.78 is 42.2. The lowest BCUT2D eigenvalue weighted by atomic mass is 9.64. The number of alkyl halides is 1. The van der Waals surface area contributed by atoms with E-state index in [9.17, 15) is 23.1 Å². The first-order valence-corrected chi connectivity index (χ1v) is 11.1. The Labute approximate surface area is 158 Å². The summed E-state index contributed by atoms with van der Waals surface area (Å²) in [4.78, 5) is 23.9. The Balaban J connectivity index is 1.46. The molecule has 6 atom stereocenters. The summed E-state index contributed by atoms with van der Waals surface area (Å²) >= 11 is 0.